The van der Waals surface area contributed by atoms with Crippen LogP contribution < -0.4 is 11.5 Å². The number of nitrogen functional groups attached to an aromatic ring is 1. The molecule has 4 rings (SSSR count). The number of benzene rings is 3. The number of nitrogens with zero attached hydrogens (tertiary/aromatic N) is 2. The zero-order chi connectivity index (χ0) is 27.2. The molecule has 0 aliphatic rings. The van der Waals surface area contributed by atoms with Crippen molar-refractivity contribution in [2.75, 3.05) is 6.54 Å². The number of carbonyl (C=O) groups is 1. The Labute approximate surface area is 221 Å². The molecule has 1 aromatic heterocycles. The van der Waals surface area contributed by atoms with Gasteiger partial charge in [-0.3, -0.25) is 10.8 Å². The van der Waals surface area contributed by atoms with Gasteiger partial charge in [0.1, 0.15) is 11.7 Å². The van der Waals surface area contributed by atoms with Crippen molar-refractivity contribution in [3.8, 4) is 0 Å². The average Bonchev–Trinajstić information content (AvgIpc) is 3.27. The number of fused-ring (bicyclic) bond motifs is 1. The van der Waals surface area contributed by atoms with E-state index in [0.717, 1.165) is 33.5 Å². The fourth-order valence-corrected chi connectivity index (χ4v) is 4.94. The second-order valence-corrected chi connectivity index (χ2v) is 9.46. The van der Waals surface area contributed by atoms with Crippen LogP contribution in [0.2, 0.25) is 0 Å². The molecule has 0 aliphatic carbocycles. The fourth-order valence-electron chi connectivity index (χ4n) is 4.94. The van der Waals surface area contributed by atoms with Gasteiger partial charge in [0, 0.05) is 24.4 Å². The second-order valence-electron chi connectivity index (χ2n) is 9.46. The van der Waals surface area contributed by atoms with Gasteiger partial charge in [-0.05, 0) is 48.6 Å². The van der Waals surface area contributed by atoms with Crippen molar-refractivity contribution in [1.82, 2.24) is 14.9 Å². The molecule has 0 saturated carbocycles. The fraction of sp³-hybridized carbons (Fsp3) is 0.241. The van der Waals surface area contributed by atoms with E-state index in [1.54, 1.807) is 0 Å². The number of H-pyrrole nitrogens is 1. The quantitative estimate of drug-likeness (QED) is 0.124. The molecule has 2 unspecified atom stereocenters. The first-order chi connectivity index (χ1) is 18.2. The number of aryl methyl sites for hydroxylation is 2. The minimum Gasteiger partial charge on any atom is -0.465 e. The van der Waals surface area contributed by atoms with Gasteiger partial charge in [0.05, 0.1) is 22.9 Å². The van der Waals surface area contributed by atoms with Gasteiger partial charge in [0.15, 0.2) is 0 Å². The van der Waals surface area contributed by atoms with Crippen molar-refractivity contribution in [3.05, 3.63) is 101 Å². The number of hydrogen-bond acceptors (Lipinski definition) is 4. The van der Waals surface area contributed by atoms with Gasteiger partial charge < -0.3 is 26.5 Å². The van der Waals surface area contributed by atoms with Crippen LogP contribution in [0.1, 0.15) is 52.9 Å². The Hall–Kier alpha value is -4.66. The molecule has 9 nitrogen and oxygen atoms in total. The summed E-state index contributed by atoms with van der Waals surface area (Å²) in [6, 6.07) is 22.8. The molecule has 9 heteroatoms. The molecule has 0 aliphatic heterocycles. The molecule has 8 N–H and O–H groups in total. The number of nitrogens with one attached hydrogen (secondary N) is 3. The van der Waals surface area contributed by atoms with Crippen LogP contribution in [-0.2, 0) is 6.42 Å². The Balaban J connectivity index is 1.78. The maximum absolute atomic E-state index is 12.7. The molecular formula is C29H33N7O2. The summed E-state index contributed by atoms with van der Waals surface area (Å²) in [5.74, 6) is 0.554. The van der Waals surface area contributed by atoms with Crippen molar-refractivity contribution in [3.63, 3.8) is 0 Å². The van der Waals surface area contributed by atoms with Crippen LogP contribution in [0.15, 0.2) is 72.8 Å². The number of aromatic nitrogens is 2. The average molecular weight is 512 g/mol. The van der Waals surface area contributed by atoms with Crippen LogP contribution in [0.5, 0.6) is 0 Å². The lowest BCUT2D eigenvalue weighted by Crippen LogP contribution is -2.39. The molecule has 196 valence electrons. The molecule has 0 bridgehead atoms. The first-order valence-corrected chi connectivity index (χ1v) is 12.5. The van der Waals surface area contributed by atoms with Crippen molar-refractivity contribution in [2.45, 2.75) is 38.1 Å². The number of hydrogen-bond donors (Lipinski definition) is 6. The molecule has 0 radical (unpaired) electrons. The standard InChI is InChI=1S/C29H33N7O2/c1-18-34-24-14-12-22(17-25(24)35-18)27(36(29(37)38)16-15-26(30)31)23(20-5-3-2-4-6-20)13-9-19-7-10-21(11-8-19)28(32)33/h2-8,10-12,14,17,23,27H,9,13,15-16H2,1H3,(H3,30,31)(H3,32,33)(H,34,35)(H,37,38). The maximum atomic E-state index is 12.7. The highest BCUT2D eigenvalue weighted by Gasteiger charge is 2.33. The van der Waals surface area contributed by atoms with E-state index in [2.05, 4.69) is 9.97 Å². The van der Waals surface area contributed by atoms with E-state index < -0.39 is 12.1 Å². The van der Waals surface area contributed by atoms with Crippen LogP contribution in [0.25, 0.3) is 11.0 Å². The number of amides is 1. The molecule has 2 atom stereocenters. The zero-order valence-electron chi connectivity index (χ0n) is 21.3. The monoisotopic (exact) mass is 511 g/mol. The van der Waals surface area contributed by atoms with Gasteiger partial charge in [-0.1, -0.05) is 60.7 Å². The van der Waals surface area contributed by atoms with Crippen LogP contribution in [-0.4, -0.2) is 44.3 Å². The van der Waals surface area contributed by atoms with Crippen molar-refractivity contribution < 1.29 is 9.90 Å². The Kier molecular flexibility index (Phi) is 8.06. The predicted molar refractivity (Wildman–Crippen MR) is 150 cm³/mol. The molecule has 1 heterocycles. The third-order valence-corrected chi connectivity index (χ3v) is 6.79. The highest BCUT2D eigenvalue weighted by atomic mass is 16.4. The summed E-state index contributed by atoms with van der Waals surface area (Å²) < 4.78 is 0. The number of rotatable bonds is 11. The number of amidine groups is 2. The summed E-state index contributed by atoms with van der Waals surface area (Å²) in [6.45, 7) is 1.99. The Morgan fingerprint density at radius 2 is 1.74 bits per heavy atom. The van der Waals surface area contributed by atoms with Gasteiger partial charge in [-0.15, -0.1) is 0 Å². The van der Waals surface area contributed by atoms with E-state index in [9.17, 15) is 9.90 Å². The second kappa shape index (κ2) is 11.6. The van der Waals surface area contributed by atoms with Crippen LogP contribution in [0.4, 0.5) is 4.79 Å². The van der Waals surface area contributed by atoms with Crippen molar-refractivity contribution in [2.24, 2.45) is 11.5 Å². The van der Waals surface area contributed by atoms with Gasteiger partial charge in [0.25, 0.3) is 0 Å². The highest BCUT2D eigenvalue weighted by molar-refractivity contribution is 5.94. The van der Waals surface area contributed by atoms with Crippen LogP contribution >= 0.6 is 0 Å². The zero-order valence-corrected chi connectivity index (χ0v) is 21.3. The van der Waals surface area contributed by atoms with Crippen molar-refractivity contribution in [1.29, 1.82) is 10.8 Å². The number of carboxylic acid groups (broad SMARTS) is 1. The Morgan fingerprint density at radius 3 is 2.37 bits per heavy atom. The molecule has 0 spiro atoms. The first-order valence-electron chi connectivity index (χ1n) is 12.5. The SMILES string of the molecule is Cc1nc2cc(C(C(CCc3ccc(C(=N)N)cc3)c3ccccc3)N(CCC(=N)N)C(=O)O)ccc2[nH]1. The summed E-state index contributed by atoms with van der Waals surface area (Å²) in [7, 11) is 0. The van der Waals surface area contributed by atoms with Gasteiger partial charge in [-0.25, -0.2) is 9.78 Å². The number of imidazole rings is 1. The topological polar surface area (TPSA) is 169 Å². The summed E-state index contributed by atoms with van der Waals surface area (Å²) >= 11 is 0. The van der Waals surface area contributed by atoms with Crippen LogP contribution in [0.3, 0.4) is 0 Å². The number of aromatic amines is 1. The summed E-state index contributed by atoms with van der Waals surface area (Å²) in [5.41, 5.74) is 16.5. The van der Waals surface area contributed by atoms with E-state index in [4.69, 9.17) is 22.3 Å². The van der Waals surface area contributed by atoms with Crippen molar-refractivity contribution >= 4 is 28.8 Å². The minimum atomic E-state index is -1.07. The van der Waals surface area contributed by atoms with E-state index >= 15 is 0 Å². The van der Waals surface area contributed by atoms with Crippen LogP contribution in [0, 0.1) is 17.7 Å². The smallest absolute Gasteiger partial charge is 0.407 e. The van der Waals surface area contributed by atoms with E-state index in [1.807, 2.05) is 79.7 Å². The molecular weight excluding hydrogens is 478 g/mol. The normalized spacial score (nSPS) is 12.7. The summed E-state index contributed by atoms with van der Waals surface area (Å²) in [5, 5.41) is 25.7. The molecule has 0 fully saturated rings. The maximum Gasteiger partial charge on any atom is 0.407 e. The first kappa shape index (κ1) is 26.4. The molecule has 38 heavy (non-hydrogen) atoms. The third-order valence-electron chi connectivity index (χ3n) is 6.79. The Bertz CT molecular complexity index is 1430. The van der Waals surface area contributed by atoms with E-state index in [0.29, 0.717) is 18.4 Å². The lowest BCUT2D eigenvalue weighted by Gasteiger charge is -2.36. The largest absolute Gasteiger partial charge is 0.465 e. The molecule has 4 aromatic rings. The molecule has 1 amide bonds. The lowest BCUT2D eigenvalue weighted by molar-refractivity contribution is 0.115. The summed E-state index contributed by atoms with van der Waals surface area (Å²) in [6.07, 6.45) is 0.426. The summed E-state index contributed by atoms with van der Waals surface area (Å²) in [4.78, 5) is 21.9. The minimum absolute atomic E-state index is 0.0188. The third kappa shape index (κ3) is 6.18. The highest BCUT2D eigenvalue weighted by Crippen LogP contribution is 2.40. The van der Waals surface area contributed by atoms with Gasteiger partial charge >= 0.3 is 6.09 Å². The van der Waals surface area contributed by atoms with E-state index in [-0.39, 0.29) is 30.6 Å². The number of nitrogens with two attached hydrogens (primary N) is 2. The predicted octanol–water partition coefficient (Wildman–Crippen LogP) is 4.92. The van der Waals surface area contributed by atoms with Gasteiger partial charge in [0.2, 0.25) is 0 Å². The van der Waals surface area contributed by atoms with Gasteiger partial charge in [-0.2, -0.15) is 0 Å². The molecule has 3 aromatic carbocycles. The molecule has 0 saturated heterocycles. The lowest BCUT2D eigenvalue weighted by atomic mass is 9.81. The van der Waals surface area contributed by atoms with E-state index in [1.165, 1.54) is 4.90 Å². The Morgan fingerprint density at radius 1 is 1.03 bits per heavy atom.